The van der Waals surface area contributed by atoms with Crippen LogP contribution in [0.15, 0.2) is 54.9 Å². The molecule has 3 heterocycles. The van der Waals surface area contributed by atoms with Gasteiger partial charge in [-0.05, 0) is 69.4 Å². The maximum atomic E-state index is 13.7. The van der Waals surface area contributed by atoms with Gasteiger partial charge < -0.3 is 5.32 Å². The average Bonchev–Trinajstić information content (AvgIpc) is 3.33. The maximum Gasteiger partial charge on any atom is 0.252 e. The van der Waals surface area contributed by atoms with E-state index in [0.29, 0.717) is 18.6 Å². The Labute approximate surface area is 204 Å². The molecule has 0 saturated carbocycles. The molecular formula is C27H28N6O2. The van der Waals surface area contributed by atoms with Gasteiger partial charge in [-0.3, -0.25) is 14.5 Å². The van der Waals surface area contributed by atoms with E-state index >= 15 is 0 Å². The SMILES string of the molecule is Cc1ccc(NC(=O)C2CCc3ccccc3N2C(=O)CCc2c(C)nc3ncnn3c2C)cc1. The van der Waals surface area contributed by atoms with Gasteiger partial charge in [-0.2, -0.15) is 10.1 Å². The molecule has 0 spiro atoms. The second-order valence-corrected chi connectivity index (χ2v) is 9.04. The van der Waals surface area contributed by atoms with Gasteiger partial charge in [-0.15, -0.1) is 0 Å². The van der Waals surface area contributed by atoms with Gasteiger partial charge in [0.25, 0.3) is 5.78 Å². The van der Waals surface area contributed by atoms with Crippen LogP contribution >= 0.6 is 0 Å². The van der Waals surface area contributed by atoms with E-state index in [1.54, 1.807) is 9.42 Å². The minimum absolute atomic E-state index is 0.0845. The number of hydrogen-bond donors (Lipinski definition) is 1. The molecule has 1 aliphatic heterocycles. The van der Waals surface area contributed by atoms with E-state index in [9.17, 15) is 9.59 Å². The van der Waals surface area contributed by atoms with Gasteiger partial charge in [-0.25, -0.2) is 9.50 Å². The number of nitrogens with one attached hydrogen (secondary N) is 1. The summed E-state index contributed by atoms with van der Waals surface area (Å²) in [7, 11) is 0. The highest BCUT2D eigenvalue weighted by molar-refractivity contribution is 6.06. The van der Waals surface area contributed by atoms with E-state index in [0.717, 1.165) is 45.9 Å². The van der Waals surface area contributed by atoms with E-state index in [1.165, 1.54) is 6.33 Å². The fourth-order valence-corrected chi connectivity index (χ4v) is 4.83. The largest absolute Gasteiger partial charge is 0.324 e. The summed E-state index contributed by atoms with van der Waals surface area (Å²) < 4.78 is 1.70. The molecule has 0 bridgehead atoms. The van der Waals surface area contributed by atoms with Gasteiger partial charge in [0.2, 0.25) is 11.8 Å². The highest BCUT2D eigenvalue weighted by Gasteiger charge is 2.35. The van der Waals surface area contributed by atoms with E-state index < -0.39 is 6.04 Å². The average molecular weight is 469 g/mol. The van der Waals surface area contributed by atoms with Crippen LogP contribution in [0, 0.1) is 20.8 Å². The number of rotatable bonds is 5. The summed E-state index contributed by atoms with van der Waals surface area (Å²) in [5.41, 5.74) is 6.47. The minimum Gasteiger partial charge on any atom is -0.324 e. The zero-order chi connectivity index (χ0) is 24.5. The zero-order valence-electron chi connectivity index (χ0n) is 20.2. The molecule has 0 saturated heterocycles. The minimum atomic E-state index is -0.572. The van der Waals surface area contributed by atoms with Crippen molar-refractivity contribution >= 4 is 29.0 Å². The van der Waals surface area contributed by atoms with Crippen LogP contribution in [0.1, 0.15) is 40.9 Å². The van der Waals surface area contributed by atoms with Crippen molar-refractivity contribution in [1.29, 1.82) is 0 Å². The number of anilines is 2. The molecule has 2 aromatic heterocycles. The molecule has 0 fully saturated rings. The predicted molar refractivity (Wildman–Crippen MR) is 134 cm³/mol. The quantitative estimate of drug-likeness (QED) is 0.479. The predicted octanol–water partition coefficient (Wildman–Crippen LogP) is 3.97. The van der Waals surface area contributed by atoms with Gasteiger partial charge in [-0.1, -0.05) is 35.9 Å². The van der Waals surface area contributed by atoms with Gasteiger partial charge >= 0.3 is 0 Å². The van der Waals surface area contributed by atoms with Crippen molar-refractivity contribution < 1.29 is 9.59 Å². The Bertz CT molecular complexity index is 1410. The number of aromatic nitrogens is 4. The topological polar surface area (TPSA) is 92.5 Å². The molecule has 1 unspecified atom stereocenters. The first-order valence-corrected chi connectivity index (χ1v) is 11.9. The number of carbonyl (C=O) groups excluding carboxylic acids is 2. The van der Waals surface area contributed by atoms with Crippen molar-refractivity contribution in [1.82, 2.24) is 19.6 Å². The Balaban J connectivity index is 1.41. The Morgan fingerprint density at radius 1 is 1.06 bits per heavy atom. The van der Waals surface area contributed by atoms with Crippen molar-refractivity contribution in [2.75, 3.05) is 10.2 Å². The molecule has 35 heavy (non-hydrogen) atoms. The highest BCUT2D eigenvalue weighted by Crippen LogP contribution is 2.32. The van der Waals surface area contributed by atoms with Gasteiger partial charge in [0.1, 0.15) is 12.4 Å². The number of carbonyl (C=O) groups is 2. The molecule has 1 N–H and O–H groups in total. The van der Waals surface area contributed by atoms with E-state index in [-0.39, 0.29) is 18.2 Å². The molecule has 4 aromatic rings. The molecule has 0 aliphatic carbocycles. The summed E-state index contributed by atoms with van der Waals surface area (Å²) in [5.74, 6) is 0.293. The van der Waals surface area contributed by atoms with Crippen molar-refractivity contribution in [2.24, 2.45) is 0 Å². The molecule has 0 radical (unpaired) electrons. The summed E-state index contributed by atoms with van der Waals surface area (Å²) in [4.78, 5) is 37.4. The smallest absolute Gasteiger partial charge is 0.252 e. The third kappa shape index (κ3) is 4.39. The standard InChI is InChI=1S/C27H28N6O2/c1-17-8-11-21(12-9-17)31-26(35)24-14-10-20-6-4-5-7-23(20)32(24)25(34)15-13-22-18(2)30-27-28-16-29-33(27)19(22)3/h4-9,11-12,16,24H,10,13-15H2,1-3H3,(H,31,35). The van der Waals surface area contributed by atoms with Crippen LogP contribution in [0.4, 0.5) is 11.4 Å². The molecule has 8 nitrogen and oxygen atoms in total. The number of benzene rings is 2. The zero-order valence-corrected chi connectivity index (χ0v) is 20.2. The third-order valence-corrected chi connectivity index (χ3v) is 6.72. The summed E-state index contributed by atoms with van der Waals surface area (Å²) in [6.07, 6.45) is 3.56. The van der Waals surface area contributed by atoms with Crippen molar-refractivity contribution in [3.8, 4) is 0 Å². The van der Waals surface area contributed by atoms with Crippen molar-refractivity contribution in [3.05, 3.63) is 82.9 Å². The van der Waals surface area contributed by atoms with Gasteiger partial charge in [0.15, 0.2) is 0 Å². The molecular weight excluding hydrogens is 440 g/mol. The van der Waals surface area contributed by atoms with Gasteiger partial charge in [0.05, 0.1) is 0 Å². The lowest BCUT2D eigenvalue weighted by molar-refractivity contribution is -0.124. The Kier molecular flexibility index (Phi) is 6.03. The number of fused-ring (bicyclic) bond motifs is 2. The monoisotopic (exact) mass is 468 g/mol. The molecule has 178 valence electrons. The van der Waals surface area contributed by atoms with Crippen molar-refractivity contribution in [3.63, 3.8) is 0 Å². The third-order valence-electron chi connectivity index (χ3n) is 6.72. The van der Waals surface area contributed by atoms with E-state index in [1.807, 2.05) is 69.3 Å². The molecule has 1 atom stereocenters. The summed E-state index contributed by atoms with van der Waals surface area (Å²) in [6, 6.07) is 15.0. The van der Waals surface area contributed by atoms with E-state index in [2.05, 4.69) is 20.4 Å². The summed E-state index contributed by atoms with van der Waals surface area (Å²) in [5, 5.41) is 7.24. The molecule has 2 amide bonds. The number of aryl methyl sites for hydroxylation is 4. The first-order chi connectivity index (χ1) is 16.9. The number of hydrogen-bond acceptors (Lipinski definition) is 5. The van der Waals surface area contributed by atoms with Crippen LogP contribution in [0.3, 0.4) is 0 Å². The summed E-state index contributed by atoms with van der Waals surface area (Å²) >= 11 is 0. The fraction of sp³-hybridized carbons (Fsp3) is 0.296. The van der Waals surface area contributed by atoms with Crippen molar-refractivity contribution in [2.45, 2.75) is 52.5 Å². The molecule has 1 aliphatic rings. The first-order valence-electron chi connectivity index (χ1n) is 11.9. The number of para-hydroxylation sites is 1. The normalized spacial score (nSPS) is 15.2. The van der Waals surface area contributed by atoms with Crippen LogP contribution in [0.5, 0.6) is 0 Å². The van der Waals surface area contributed by atoms with E-state index in [4.69, 9.17) is 0 Å². The van der Waals surface area contributed by atoms with Crippen LogP contribution in [-0.2, 0) is 22.4 Å². The fourth-order valence-electron chi connectivity index (χ4n) is 4.83. The maximum absolute atomic E-state index is 13.7. The van der Waals surface area contributed by atoms with Crippen LogP contribution < -0.4 is 10.2 Å². The summed E-state index contributed by atoms with van der Waals surface area (Å²) in [6.45, 7) is 5.89. The van der Waals surface area contributed by atoms with Crippen LogP contribution in [-0.4, -0.2) is 37.4 Å². The second kappa shape index (κ2) is 9.29. The Morgan fingerprint density at radius 2 is 1.83 bits per heavy atom. The number of amides is 2. The lowest BCUT2D eigenvalue weighted by Crippen LogP contribution is -2.50. The highest BCUT2D eigenvalue weighted by atomic mass is 16.2. The lowest BCUT2D eigenvalue weighted by atomic mass is 9.94. The van der Waals surface area contributed by atoms with Gasteiger partial charge in [0, 0.05) is 29.2 Å². The molecule has 2 aromatic carbocycles. The molecule has 5 rings (SSSR count). The number of nitrogens with zero attached hydrogens (tertiary/aromatic N) is 5. The van der Waals surface area contributed by atoms with Crippen LogP contribution in [0.2, 0.25) is 0 Å². The lowest BCUT2D eigenvalue weighted by Gasteiger charge is -2.36. The first kappa shape index (κ1) is 22.7. The Hall–Kier alpha value is -4.07. The Morgan fingerprint density at radius 3 is 2.63 bits per heavy atom. The van der Waals surface area contributed by atoms with Crippen LogP contribution in [0.25, 0.3) is 5.78 Å². The second-order valence-electron chi connectivity index (χ2n) is 9.04. The molecule has 8 heteroatoms.